The predicted octanol–water partition coefficient (Wildman–Crippen LogP) is 1.94. The Balaban J connectivity index is 2.42. The highest BCUT2D eigenvalue weighted by atomic mass is 14.8. The lowest BCUT2D eigenvalue weighted by atomic mass is 9.93. The first kappa shape index (κ1) is 8.82. The molecule has 0 spiro atoms. The van der Waals surface area contributed by atoms with Gasteiger partial charge in [-0.15, -0.1) is 0 Å². The van der Waals surface area contributed by atoms with E-state index in [9.17, 15) is 0 Å². The second kappa shape index (κ2) is 2.61. The van der Waals surface area contributed by atoms with Gasteiger partial charge in [0.15, 0.2) is 0 Å². The lowest BCUT2D eigenvalue weighted by Crippen LogP contribution is -2.29. The minimum atomic E-state index is -0.200. The Kier molecular flexibility index (Phi) is 1.77. The van der Waals surface area contributed by atoms with Crippen LogP contribution < -0.4 is 5.73 Å². The van der Waals surface area contributed by atoms with Crippen LogP contribution in [-0.2, 0) is 18.4 Å². The SMILES string of the molecule is CC1Cc2[nH]cc(C(C)(C)N)c2C1. The molecule has 1 aromatic heterocycles. The van der Waals surface area contributed by atoms with E-state index in [-0.39, 0.29) is 5.54 Å². The molecule has 0 saturated carbocycles. The summed E-state index contributed by atoms with van der Waals surface area (Å²) in [5.74, 6) is 0.781. The van der Waals surface area contributed by atoms with Crippen LogP contribution in [-0.4, -0.2) is 4.98 Å². The van der Waals surface area contributed by atoms with Gasteiger partial charge in [-0.1, -0.05) is 6.92 Å². The zero-order valence-corrected chi connectivity index (χ0v) is 8.65. The van der Waals surface area contributed by atoms with E-state index < -0.39 is 0 Å². The Labute approximate surface area is 79.5 Å². The lowest BCUT2D eigenvalue weighted by molar-refractivity contribution is 0.542. The third kappa shape index (κ3) is 1.39. The van der Waals surface area contributed by atoms with Crippen molar-refractivity contribution < 1.29 is 0 Å². The van der Waals surface area contributed by atoms with Crippen LogP contribution in [0.1, 0.15) is 37.6 Å². The second-order valence-electron chi connectivity index (χ2n) is 4.89. The molecular weight excluding hydrogens is 160 g/mol. The first-order chi connectivity index (χ1) is 5.98. The molecule has 2 rings (SSSR count). The van der Waals surface area contributed by atoms with Gasteiger partial charge in [-0.3, -0.25) is 0 Å². The number of nitrogens with two attached hydrogens (primary N) is 1. The second-order valence-corrected chi connectivity index (χ2v) is 4.89. The Morgan fingerprint density at radius 3 is 2.77 bits per heavy atom. The molecule has 2 nitrogen and oxygen atoms in total. The molecule has 0 radical (unpaired) electrons. The molecule has 0 aliphatic heterocycles. The molecule has 0 fully saturated rings. The molecule has 3 N–H and O–H groups in total. The van der Waals surface area contributed by atoms with E-state index in [0.29, 0.717) is 0 Å². The average Bonchev–Trinajstić information content (AvgIpc) is 2.41. The van der Waals surface area contributed by atoms with Crippen molar-refractivity contribution in [1.29, 1.82) is 0 Å². The lowest BCUT2D eigenvalue weighted by Gasteiger charge is -2.19. The van der Waals surface area contributed by atoms with Crippen molar-refractivity contribution in [2.45, 2.75) is 39.2 Å². The summed E-state index contributed by atoms with van der Waals surface area (Å²) in [6.07, 6.45) is 4.46. The maximum Gasteiger partial charge on any atom is 0.0370 e. The number of nitrogens with one attached hydrogen (secondary N) is 1. The smallest absolute Gasteiger partial charge is 0.0370 e. The molecule has 1 unspecified atom stereocenters. The van der Waals surface area contributed by atoms with Crippen LogP contribution in [0.3, 0.4) is 0 Å². The van der Waals surface area contributed by atoms with Gasteiger partial charge in [0.2, 0.25) is 0 Å². The van der Waals surface area contributed by atoms with E-state index in [4.69, 9.17) is 5.73 Å². The van der Waals surface area contributed by atoms with Gasteiger partial charge in [0, 0.05) is 17.4 Å². The highest BCUT2D eigenvalue weighted by Crippen LogP contribution is 2.32. The van der Waals surface area contributed by atoms with Crippen LogP contribution in [0.25, 0.3) is 0 Å². The number of aromatic nitrogens is 1. The minimum Gasteiger partial charge on any atom is -0.364 e. The number of H-pyrrole nitrogens is 1. The van der Waals surface area contributed by atoms with Gasteiger partial charge in [-0.25, -0.2) is 0 Å². The molecule has 0 aromatic carbocycles. The number of rotatable bonds is 1. The molecule has 1 aromatic rings. The van der Waals surface area contributed by atoms with Crippen molar-refractivity contribution in [2.75, 3.05) is 0 Å². The monoisotopic (exact) mass is 178 g/mol. The van der Waals surface area contributed by atoms with E-state index in [1.165, 1.54) is 29.7 Å². The third-order valence-electron chi connectivity index (χ3n) is 2.88. The maximum atomic E-state index is 6.10. The van der Waals surface area contributed by atoms with Crippen LogP contribution in [0.4, 0.5) is 0 Å². The molecule has 13 heavy (non-hydrogen) atoms. The van der Waals surface area contributed by atoms with E-state index >= 15 is 0 Å². The standard InChI is InChI=1S/C11H18N2/c1-7-4-8-9(11(2,3)12)6-13-10(8)5-7/h6-7,13H,4-5,12H2,1-3H3. The van der Waals surface area contributed by atoms with Crippen molar-refractivity contribution in [2.24, 2.45) is 11.7 Å². The van der Waals surface area contributed by atoms with Crippen LogP contribution in [0.15, 0.2) is 6.20 Å². The Morgan fingerprint density at radius 2 is 2.15 bits per heavy atom. The summed E-state index contributed by atoms with van der Waals surface area (Å²) in [7, 11) is 0. The molecule has 0 bridgehead atoms. The summed E-state index contributed by atoms with van der Waals surface area (Å²) >= 11 is 0. The fraction of sp³-hybridized carbons (Fsp3) is 0.636. The average molecular weight is 178 g/mol. The van der Waals surface area contributed by atoms with Gasteiger partial charge in [0.05, 0.1) is 0 Å². The van der Waals surface area contributed by atoms with Gasteiger partial charge < -0.3 is 10.7 Å². The van der Waals surface area contributed by atoms with Crippen molar-refractivity contribution in [1.82, 2.24) is 4.98 Å². The molecule has 1 aliphatic rings. The summed E-state index contributed by atoms with van der Waals surface area (Å²) < 4.78 is 0. The van der Waals surface area contributed by atoms with Gasteiger partial charge in [0.25, 0.3) is 0 Å². The van der Waals surface area contributed by atoms with Gasteiger partial charge in [0.1, 0.15) is 0 Å². The summed E-state index contributed by atoms with van der Waals surface area (Å²) in [5, 5.41) is 0. The molecule has 0 amide bonds. The van der Waals surface area contributed by atoms with Gasteiger partial charge >= 0.3 is 0 Å². The van der Waals surface area contributed by atoms with Gasteiger partial charge in [-0.05, 0) is 43.7 Å². The van der Waals surface area contributed by atoms with Crippen LogP contribution in [0.2, 0.25) is 0 Å². The van der Waals surface area contributed by atoms with E-state index in [0.717, 1.165) is 5.92 Å². The highest BCUT2D eigenvalue weighted by Gasteiger charge is 2.27. The zero-order valence-electron chi connectivity index (χ0n) is 8.65. The summed E-state index contributed by atoms with van der Waals surface area (Å²) in [6.45, 7) is 6.43. The normalized spacial score (nSPS) is 22.0. The largest absolute Gasteiger partial charge is 0.364 e. The maximum absolute atomic E-state index is 6.10. The zero-order chi connectivity index (χ0) is 9.64. The van der Waals surface area contributed by atoms with Crippen LogP contribution in [0.5, 0.6) is 0 Å². The molecule has 72 valence electrons. The topological polar surface area (TPSA) is 41.8 Å². The number of hydrogen-bond acceptors (Lipinski definition) is 1. The molecule has 1 heterocycles. The summed E-state index contributed by atoms with van der Waals surface area (Å²) in [6, 6.07) is 0. The highest BCUT2D eigenvalue weighted by molar-refractivity contribution is 5.39. The minimum absolute atomic E-state index is 0.200. The molecular formula is C11H18N2. The van der Waals surface area contributed by atoms with Crippen molar-refractivity contribution in [3.63, 3.8) is 0 Å². The Hall–Kier alpha value is -0.760. The van der Waals surface area contributed by atoms with E-state index in [1.807, 2.05) is 0 Å². The summed E-state index contributed by atoms with van der Waals surface area (Å²) in [5.41, 5.74) is 10.1. The fourth-order valence-electron chi connectivity index (χ4n) is 2.26. The Morgan fingerprint density at radius 1 is 1.46 bits per heavy atom. The first-order valence-electron chi connectivity index (χ1n) is 4.97. The van der Waals surface area contributed by atoms with Crippen molar-refractivity contribution in [3.8, 4) is 0 Å². The molecule has 2 heteroatoms. The predicted molar refractivity (Wildman–Crippen MR) is 54.6 cm³/mol. The van der Waals surface area contributed by atoms with E-state index in [2.05, 4.69) is 32.0 Å². The quantitative estimate of drug-likeness (QED) is 0.678. The molecule has 1 atom stereocenters. The van der Waals surface area contributed by atoms with Crippen molar-refractivity contribution in [3.05, 3.63) is 23.0 Å². The van der Waals surface area contributed by atoms with Gasteiger partial charge in [-0.2, -0.15) is 0 Å². The van der Waals surface area contributed by atoms with Crippen LogP contribution >= 0.6 is 0 Å². The molecule has 1 aliphatic carbocycles. The third-order valence-corrected chi connectivity index (χ3v) is 2.88. The summed E-state index contributed by atoms with van der Waals surface area (Å²) in [4.78, 5) is 3.34. The number of fused-ring (bicyclic) bond motifs is 1. The Bertz CT molecular complexity index is 317. The number of aromatic amines is 1. The molecule has 0 saturated heterocycles. The van der Waals surface area contributed by atoms with Crippen LogP contribution in [0, 0.1) is 5.92 Å². The van der Waals surface area contributed by atoms with Crippen molar-refractivity contribution >= 4 is 0 Å². The fourth-order valence-corrected chi connectivity index (χ4v) is 2.26. The number of hydrogen-bond donors (Lipinski definition) is 2. The first-order valence-corrected chi connectivity index (χ1v) is 4.97. The van der Waals surface area contributed by atoms with E-state index in [1.54, 1.807) is 0 Å².